The third-order valence-electron chi connectivity index (χ3n) is 7.54. The van der Waals surface area contributed by atoms with Gasteiger partial charge in [-0.3, -0.25) is 9.59 Å². The Labute approximate surface area is 231 Å². The summed E-state index contributed by atoms with van der Waals surface area (Å²) in [5.41, 5.74) is 0.625. The zero-order valence-corrected chi connectivity index (χ0v) is 21.6. The Morgan fingerprint density at radius 1 is 1.00 bits per heavy atom. The number of hydrogen-bond donors (Lipinski definition) is 2. The molecule has 1 aliphatic carbocycles. The highest BCUT2D eigenvalue weighted by molar-refractivity contribution is 5.91. The number of amides is 4. The Balaban J connectivity index is 1.29. The summed E-state index contributed by atoms with van der Waals surface area (Å²) in [6.07, 6.45) is -2.83. The SMILES string of the molecule is O=C(N[C@@H](c1ccccc1)c1ccc(C2CC(F)(F)C2)c(F)n1)[C@@H]1C[C@@H](F)CN1C(=O)CNC(=O)N1CC(F)(F)C1. The largest absolute Gasteiger partial charge is 0.342 e. The molecule has 220 valence electrons. The molecular weight excluding hydrogens is 556 g/mol. The Kier molecular flexibility index (Phi) is 7.60. The highest BCUT2D eigenvalue weighted by Crippen LogP contribution is 2.48. The average Bonchev–Trinajstić information content (AvgIpc) is 3.29. The van der Waals surface area contributed by atoms with E-state index in [-0.39, 0.29) is 17.7 Å². The average molecular weight is 584 g/mol. The monoisotopic (exact) mass is 583 g/mol. The summed E-state index contributed by atoms with van der Waals surface area (Å²) in [5, 5.41) is 4.91. The first kappa shape index (κ1) is 28.7. The second-order valence-electron chi connectivity index (χ2n) is 10.7. The predicted octanol–water partition coefficient (Wildman–Crippen LogP) is 3.54. The van der Waals surface area contributed by atoms with E-state index in [0.29, 0.717) is 5.56 Å². The lowest BCUT2D eigenvalue weighted by Crippen LogP contribution is -2.61. The van der Waals surface area contributed by atoms with Gasteiger partial charge in [-0.25, -0.2) is 31.7 Å². The molecule has 0 unspecified atom stereocenters. The van der Waals surface area contributed by atoms with Gasteiger partial charge in [0.25, 0.3) is 5.92 Å². The van der Waals surface area contributed by atoms with E-state index in [4.69, 9.17) is 0 Å². The van der Waals surface area contributed by atoms with Crippen LogP contribution < -0.4 is 10.6 Å². The van der Waals surface area contributed by atoms with Gasteiger partial charge in [-0.05, 0) is 17.5 Å². The molecular formula is C27H27F6N5O3. The van der Waals surface area contributed by atoms with E-state index in [1.807, 2.05) is 0 Å². The van der Waals surface area contributed by atoms with Crippen LogP contribution in [0.15, 0.2) is 42.5 Å². The quantitative estimate of drug-likeness (QED) is 0.385. The summed E-state index contributed by atoms with van der Waals surface area (Å²) in [6, 6.07) is 7.99. The summed E-state index contributed by atoms with van der Waals surface area (Å²) >= 11 is 0. The third kappa shape index (κ3) is 6.25. The van der Waals surface area contributed by atoms with E-state index in [1.165, 1.54) is 12.1 Å². The van der Waals surface area contributed by atoms with Gasteiger partial charge in [0.15, 0.2) is 0 Å². The van der Waals surface area contributed by atoms with Crippen molar-refractivity contribution in [2.45, 2.75) is 55.3 Å². The van der Waals surface area contributed by atoms with Crippen molar-refractivity contribution in [3.8, 4) is 0 Å². The predicted molar refractivity (Wildman–Crippen MR) is 132 cm³/mol. The molecule has 0 radical (unpaired) electrons. The molecule has 3 fully saturated rings. The lowest BCUT2D eigenvalue weighted by molar-refractivity contribution is -0.138. The molecule has 14 heteroatoms. The number of alkyl halides is 5. The number of halogens is 6. The number of rotatable bonds is 7. The Morgan fingerprint density at radius 3 is 2.29 bits per heavy atom. The molecule has 3 heterocycles. The molecule has 2 saturated heterocycles. The second kappa shape index (κ2) is 10.9. The van der Waals surface area contributed by atoms with Crippen LogP contribution in [0.3, 0.4) is 0 Å². The standard InChI is InChI=1S/C27H27F6N5O3/c28-17-8-20(38(12-17)21(39)11-34-25(41)37-13-27(32,33)14-37)24(40)36-22(15-4-2-1-3-5-15)19-7-6-18(23(29)35-19)16-9-26(30,31)10-16/h1-7,16-17,20,22H,8-14H2,(H,34,41)(H,36,40)/t17-,20+,22+/m1/s1. The van der Waals surface area contributed by atoms with Crippen LogP contribution in [0.4, 0.5) is 31.1 Å². The molecule has 2 N–H and O–H groups in total. The molecule has 1 saturated carbocycles. The summed E-state index contributed by atoms with van der Waals surface area (Å²) in [5.74, 6) is -8.98. The van der Waals surface area contributed by atoms with Gasteiger partial charge in [-0.1, -0.05) is 36.4 Å². The fraction of sp³-hybridized carbons (Fsp3) is 0.481. The van der Waals surface area contributed by atoms with Gasteiger partial charge < -0.3 is 20.4 Å². The number of carbonyl (C=O) groups is 3. The maximum absolute atomic E-state index is 14.9. The number of carbonyl (C=O) groups excluding carboxylic acids is 3. The van der Waals surface area contributed by atoms with Crippen LogP contribution in [0, 0.1) is 5.95 Å². The van der Waals surface area contributed by atoms with Crippen molar-refractivity contribution in [3.63, 3.8) is 0 Å². The highest BCUT2D eigenvalue weighted by atomic mass is 19.3. The summed E-state index contributed by atoms with van der Waals surface area (Å²) in [4.78, 5) is 43.9. The maximum Gasteiger partial charge on any atom is 0.318 e. The fourth-order valence-corrected chi connectivity index (χ4v) is 5.35. The number of benzene rings is 1. The van der Waals surface area contributed by atoms with Gasteiger partial charge in [-0.2, -0.15) is 4.39 Å². The first-order chi connectivity index (χ1) is 19.3. The number of urea groups is 1. The minimum atomic E-state index is -2.99. The normalized spacial score (nSPS) is 23.8. The zero-order valence-electron chi connectivity index (χ0n) is 21.6. The Morgan fingerprint density at radius 2 is 1.68 bits per heavy atom. The summed E-state index contributed by atoms with van der Waals surface area (Å²) < 4.78 is 82.0. The van der Waals surface area contributed by atoms with Crippen LogP contribution in [0.5, 0.6) is 0 Å². The van der Waals surface area contributed by atoms with Crippen LogP contribution in [0.2, 0.25) is 0 Å². The Hall–Kier alpha value is -3.84. The van der Waals surface area contributed by atoms with Crippen LogP contribution in [0.25, 0.3) is 0 Å². The fourth-order valence-electron chi connectivity index (χ4n) is 5.35. The molecule has 0 spiro atoms. The van der Waals surface area contributed by atoms with E-state index >= 15 is 0 Å². The van der Waals surface area contributed by atoms with E-state index in [2.05, 4.69) is 15.6 Å². The number of pyridine rings is 1. The Bertz CT molecular complexity index is 1310. The van der Waals surface area contributed by atoms with Gasteiger partial charge in [0.05, 0.1) is 37.9 Å². The van der Waals surface area contributed by atoms with Crippen LogP contribution in [0.1, 0.15) is 48.0 Å². The van der Waals surface area contributed by atoms with Gasteiger partial charge in [0.2, 0.25) is 23.7 Å². The minimum absolute atomic E-state index is 0.0506. The van der Waals surface area contributed by atoms with Crippen molar-refractivity contribution >= 4 is 17.8 Å². The molecule has 1 aromatic heterocycles. The van der Waals surface area contributed by atoms with Crippen molar-refractivity contribution in [3.05, 3.63) is 65.2 Å². The number of nitrogens with one attached hydrogen (secondary N) is 2. The van der Waals surface area contributed by atoms with Crippen LogP contribution in [-0.2, 0) is 9.59 Å². The first-order valence-electron chi connectivity index (χ1n) is 13.1. The van der Waals surface area contributed by atoms with Gasteiger partial charge in [-0.15, -0.1) is 0 Å². The van der Waals surface area contributed by atoms with E-state index < -0.39 is 98.8 Å². The van der Waals surface area contributed by atoms with Crippen molar-refractivity contribution in [1.29, 1.82) is 0 Å². The molecule has 3 aliphatic rings. The van der Waals surface area contributed by atoms with Crippen molar-refractivity contribution in [2.75, 3.05) is 26.2 Å². The summed E-state index contributed by atoms with van der Waals surface area (Å²) in [7, 11) is 0. The van der Waals surface area contributed by atoms with Gasteiger partial charge >= 0.3 is 6.03 Å². The second-order valence-corrected chi connectivity index (χ2v) is 10.7. The van der Waals surface area contributed by atoms with Crippen molar-refractivity contribution in [2.24, 2.45) is 0 Å². The molecule has 8 nitrogen and oxygen atoms in total. The highest BCUT2D eigenvalue weighted by Gasteiger charge is 2.48. The zero-order chi connectivity index (χ0) is 29.5. The van der Waals surface area contributed by atoms with Crippen molar-refractivity contribution < 1.29 is 40.7 Å². The number of hydrogen-bond acceptors (Lipinski definition) is 4. The smallest absolute Gasteiger partial charge is 0.318 e. The number of aromatic nitrogens is 1. The molecule has 5 rings (SSSR count). The number of nitrogens with zero attached hydrogens (tertiary/aromatic N) is 3. The van der Waals surface area contributed by atoms with Gasteiger partial charge in [0.1, 0.15) is 12.2 Å². The minimum Gasteiger partial charge on any atom is -0.342 e. The molecule has 41 heavy (non-hydrogen) atoms. The van der Waals surface area contributed by atoms with Crippen molar-refractivity contribution in [1.82, 2.24) is 25.4 Å². The summed E-state index contributed by atoms with van der Waals surface area (Å²) in [6.45, 7) is -2.61. The topological polar surface area (TPSA) is 94.6 Å². The molecule has 2 aliphatic heterocycles. The van der Waals surface area contributed by atoms with Crippen LogP contribution in [-0.4, -0.2) is 82.9 Å². The first-order valence-corrected chi connectivity index (χ1v) is 13.1. The lowest BCUT2D eigenvalue weighted by Gasteiger charge is -2.38. The third-order valence-corrected chi connectivity index (χ3v) is 7.54. The molecule has 4 amide bonds. The van der Waals surface area contributed by atoms with Crippen LogP contribution >= 0.6 is 0 Å². The van der Waals surface area contributed by atoms with Gasteiger partial charge in [0, 0.05) is 24.8 Å². The molecule has 2 aromatic rings. The van der Waals surface area contributed by atoms with E-state index in [0.717, 1.165) is 9.80 Å². The molecule has 1 aromatic carbocycles. The maximum atomic E-state index is 14.9. The van der Waals surface area contributed by atoms with E-state index in [1.54, 1.807) is 30.3 Å². The lowest BCUT2D eigenvalue weighted by atomic mass is 9.77. The number of likely N-dealkylation sites (tertiary alicyclic amines) is 2. The van der Waals surface area contributed by atoms with E-state index in [9.17, 15) is 40.7 Å². The molecule has 0 bridgehead atoms. The molecule has 3 atom stereocenters.